The van der Waals surface area contributed by atoms with Gasteiger partial charge < -0.3 is 14.2 Å². The Morgan fingerprint density at radius 3 is 1.84 bits per heavy atom. The second-order valence-corrected chi connectivity index (χ2v) is 7.04. The van der Waals surface area contributed by atoms with E-state index in [0.29, 0.717) is 13.2 Å². The van der Waals surface area contributed by atoms with Crippen LogP contribution in [-0.2, 0) is 19.0 Å². The molecule has 4 heteroatoms. The zero-order valence-electron chi connectivity index (χ0n) is 13.7. The summed E-state index contributed by atoms with van der Waals surface area (Å²) in [6.45, 7) is 16.2. The highest BCUT2D eigenvalue weighted by molar-refractivity contribution is 5.75. The van der Waals surface area contributed by atoms with Gasteiger partial charge in [-0.3, -0.25) is 4.79 Å². The van der Waals surface area contributed by atoms with Gasteiger partial charge in [0.1, 0.15) is 6.10 Å². The molecule has 4 nitrogen and oxygen atoms in total. The van der Waals surface area contributed by atoms with E-state index in [9.17, 15) is 4.79 Å². The maximum absolute atomic E-state index is 11.7. The van der Waals surface area contributed by atoms with Crippen molar-refractivity contribution in [1.82, 2.24) is 0 Å². The summed E-state index contributed by atoms with van der Waals surface area (Å²) in [5.74, 6) is -0.206. The van der Waals surface area contributed by atoms with E-state index < -0.39 is 5.41 Å². The van der Waals surface area contributed by atoms with E-state index in [0.717, 1.165) is 0 Å². The molecule has 0 aromatic heterocycles. The fraction of sp³-hybridized carbons (Fsp3) is 0.933. The molecule has 0 bridgehead atoms. The fourth-order valence-electron chi connectivity index (χ4n) is 1.43. The van der Waals surface area contributed by atoms with Crippen LogP contribution >= 0.6 is 0 Å². The van der Waals surface area contributed by atoms with Crippen molar-refractivity contribution in [3.63, 3.8) is 0 Å². The van der Waals surface area contributed by atoms with Gasteiger partial charge in [-0.1, -0.05) is 0 Å². The molecule has 0 fully saturated rings. The molecular weight excluding hydrogens is 244 g/mol. The van der Waals surface area contributed by atoms with E-state index in [1.54, 1.807) is 0 Å². The number of hydrogen-bond acceptors (Lipinski definition) is 4. The minimum Gasteiger partial charge on any atom is -0.460 e. The van der Waals surface area contributed by atoms with Gasteiger partial charge >= 0.3 is 5.97 Å². The van der Waals surface area contributed by atoms with Crippen LogP contribution in [0.15, 0.2) is 0 Å². The predicted octanol–water partition coefficient (Wildman–Crippen LogP) is 3.18. The van der Waals surface area contributed by atoms with Crippen molar-refractivity contribution in [2.24, 2.45) is 5.41 Å². The smallest absolute Gasteiger partial charge is 0.311 e. The number of carbonyl (C=O) groups excluding carboxylic acids is 1. The zero-order chi connectivity index (χ0) is 15.3. The first-order valence-corrected chi connectivity index (χ1v) is 6.88. The lowest BCUT2D eigenvalue weighted by Gasteiger charge is -2.25. The molecule has 2 atom stereocenters. The maximum Gasteiger partial charge on any atom is 0.311 e. The van der Waals surface area contributed by atoms with Gasteiger partial charge in [-0.25, -0.2) is 0 Å². The van der Waals surface area contributed by atoms with Gasteiger partial charge in [-0.15, -0.1) is 0 Å². The first-order valence-electron chi connectivity index (χ1n) is 6.88. The average Bonchev–Trinajstić information content (AvgIpc) is 2.12. The van der Waals surface area contributed by atoms with Crippen molar-refractivity contribution in [3.8, 4) is 0 Å². The highest BCUT2D eigenvalue weighted by Gasteiger charge is 2.25. The Balaban J connectivity index is 3.87. The van der Waals surface area contributed by atoms with Crippen LogP contribution in [0.4, 0.5) is 0 Å². The number of esters is 1. The highest BCUT2D eigenvalue weighted by atomic mass is 16.6. The summed E-state index contributed by atoms with van der Waals surface area (Å²) < 4.78 is 16.5. The van der Waals surface area contributed by atoms with Gasteiger partial charge in [0.15, 0.2) is 0 Å². The summed E-state index contributed by atoms with van der Waals surface area (Å²) in [4.78, 5) is 11.7. The molecule has 114 valence electrons. The lowest BCUT2D eigenvalue weighted by atomic mass is 9.97. The van der Waals surface area contributed by atoms with Gasteiger partial charge in [-0.2, -0.15) is 0 Å². The normalized spacial score (nSPS) is 16.0. The van der Waals surface area contributed by atoms with Gasteiger partial charge in [0.25, 0.3) is 0 Å². The maximum atomic E-state index is 11.7. The summed E-state index contributed by atoms with van der Waals surface area (Å²) >= 11 is 0. The largest absolute Gasteiger partial charge is 0.460 e. The van der Waals surface area contributed by atoms with Gasteiger partial charge in [0, 0.05) is 0 Å². The van der Waals surface area contributed by atoms with E-state index in [1.807, 2.05) is 55.4 Å². The molecule has 0 aromatic rings. The highest BCUT2D eigenvalue weighted by Crippen LogP contribution is 2.16. The predicted molar refractivity (Wildman–Crippen MR) is 76.1 cm³/mol. The Morgan fingerprint density at radius 1 is 0.947 bits per heavy atom. The lowest BCUT2D eigenvalue weighted by Crippen LogP contribution is -2.31. The van der Waals surface area contributed by atoms with Crippen LogP contribution < -0.4 is 0 Å². The summed E-state index contributed by atoms with van der Waals surface area (Å²) in [5, 5.41) is 0. The van der Waals surface area contributed by atoms with Crippen LogP contribution in [0.25, 0.3) is 0 Å². The molecule has 0 N–H and O–H groups in total. The van der Waals surface area contributed by atoms with Crippen molar-refractivity contribution in [3.05, 3.63) is 0 Å². The molecule has 0 heterocycles. The Morgan fingerprint density at radius 2 is 1.42 bits per heavy atom. The Hall–Kier alpha value is -0.610. The number of ether oxygens (including phenoxy) is 3. The second-order valence-electron chi connectivity index (χ2n) is 7.04. The average molecular weight is 274 g/mol. The zero-order valence-corrected chi connectivity index (χ0v) is 13.7. The topological polar surface area (TPSA) is 44.8 Å². The molecule has 0 spiro atoms. The van der Waals surface area contributed by atoms with E-state index >= 15 is 0 Å². The van der Waals surface area contributed by atoms with Crippen molar-refractivity contribution in [1.29, 1.82) is 0 Å². The van der Waals surface area contributed by atoms with E-state index in [1.165, 1.54) is 0 Å². The molecule has 0 aliphatic heterocycles. The third kappa shape index (κ3) is 9.91. The Bertz CT molecular complexity index is 273. The second kappa shape index (κ2) is 7.25. The van der Waals surface area contributed by atoms with Crippen LogP contribution in [-0.4, -0.2) is 37.0 Å². The number of hydrogen-bond donors (Lipinski definition) is 0. The van der Waals surface area contributed by atoms with E-state index in [2.05, 4.69) is 0 Å². The van der Waals surface area contributed by atoms with Crippen molar-refractivity contribution in [2.75, 3.05) is 13.2 Å². The van der Waals surface area contributed by atoms with Crippen molar-refractivity contribution >= 4 is 5.97 Å². The SMILES string of the molecule is CC(COCC(C)OC(C)(C)C)OC(=O)C(C)(C)C. The minimum absolute atomic E-state index is 0.0190. The summed E-state index contributed by atoms with van der Waals surface area (Å²) in [7, 11) is 0. The molecule has 0 aliphatic rings. The molecule has 0 aliphatic carbocycles. The molecule has 19 heavy (non-hydrogen) atoms. The van der Waals surface area contributed by atoms with Crippen LogP contribution in [0.5, 0.6) is 0 Å². The van der Waals surface area contributed by atoms with Crippen LogP contribution in [0, 0.1) is 5.41 Å². The van der Waals surface area contributed by atoms with Gasteiger partial charge in [0.05, 0.1) is 30.3 Å². The molecule has 0 aromatic carbocycles. The van der Waals surface area contributed by atoms with Crippen LogP contribution in [0.1, 0.15) is 55.4 Å². The Labute approximate surface area is 117 Å². The third-order valence-electron chi connectivity index (χ3n) is 2.18. The third-order valence-corrected chi connectivity index (χ3v) is 2.18. The van der Waals surface area contributed by atoms with Crippen LogP contribution in [0.2, 0.25) is 0 Å². The fourth-order valence-corrected chi connectivity index (χ4v) is 1.43. The van der Waals surface area contributed by atoms with Gasteiger partial charge in [0.2, 0.25) is 0 Å². The van der Waals surface area contributed by atoms with Crippen LogP contribution in [0.3, 0.4) is 0 Å². The van der Waals surface area contributed by atoms with E-state index in [4.69, 9.17) is 14.2 Å². The molecular formula is C15H30O4. The van der Waals surface area contributed by atoms with Gasteiger partial charge in [-0.05, 0) is 55.4 Å². The Kier molecular flexibility index (Phi) is 7.01. The summed E-state index contributed by atoms with van der Waals surface area (Å²) in [6.07, 6.45) is -0.223. The minimum atomic E-state index is -0.475. The first kappa shape index (κ1) is 18.4. The lowest BCUT2D eigenvalue weighted by molar-refractivity contribution is -0.161. The molecule has 0 saturated carbocycles. The molecule has 0 saturated heterocycles. The molecule has 0 rings (SSSR count). The summed E-state index contributed by atoms with van der Waals surface area (Å²) in [6, 6.07) is 0. The molecule has 2 unspecified atom stereocenters. The molecule has 0 radical (unpaired) electrons. The summed E-state index contributed by atoms with van der Waals surface area (Å²) in [5.41, 5.74) is -0.649. The quantitative estimate of drug-likeness (QED) is 0.698. The van der Waals surface area contributed by atoms with Crippen molar-refractivity contribution < 1.29 is 19.0 Å². The number of carbonyl (C=O) groups is 1. The standard InChI is InChI=1S/C15H30O4/c1-11(18-13(16)14(3,4)5)9-17-10-12(2)19-15(6,7)8/h11-12H,9-10H2,1-8H3. The monoisotopic (exact) mass is 274 g/mol. The molecule has 0 amide bonds. The number of rotatable bonds is 6. The first-order chi connectivity index (χ1) is 8.42. The van der Waals surface area contributed by atoms with Crippen molar-refractivity contribution in [2.45, 2.75) is 73.2 Å². The van der Waals surface area contributed by atoms with E-state index in [-0.39, 0.29) is 23.8 Å².